The second kappa shape index (κ2) is 4.49. The highest BCUT2D eigenvalue weighted by Crippen LogP contribution is 2.64. The number of piperidine rings is 1. The van der Waals surface area contributed by atoms with Crippen LogP contribution in [0, 0.1) is 22.7 Å². The first-order valence-electron chi connectivity index (χ1n) is 9.66. The Morgan fingerprint density at radius 3 is 1.95 bits per heavy atom. The van der Waals surface area contributed by atoms with Crippen LogP contribution in [0.25, 0.3) is 0 Å². The number of hydrogen-bond acceptors (Lipinski definition) is 1. The number of nitrogens with zero attached hydrogens (tertiary/aromatic N) is 1. The van der Waals surface area contributed by atoms with Crippen LogP contribution in [0.1, 0.15) is 85.5 Å². The summed E-state index contributed by atoms with van der Waals surface area (Å²) in [7, 11) is 0. The summed E-state index contributed by atoms with van der Waals surface area (Å²) in [5, 5.41) is 0. The number of rotatable bonds is 3. The number of hydrogen-bond donors (Lipinski definition) is 0. The fraction of sp³-hybridized carbons (Fsp3) is 1.00. The zero-order valence-electron chi connectivity index (χ0n) is 14.8. The lowest BCUT2D eigenvalue weighted by molar-refractivity contribution is -0.186. The third-order valence-corrected chi connectivity index (χ3v) is 8.51. The molecule has 4 aliphatic rings. The maximum absolute atomic E-state index is 3.10. The summed E-state index contributed by atoms with van der Waals surface area (Å²) in [6, 6.07) is 0.856. The Bertz CT molecular complexity index is 416. The SMILES string of the molecule is CC1(C)CC(N2CCCCC2(C2CCC2)C2CC2)C1(C)C. The van der Waals surface area contributed by atoms with E-state index < -0.39 is 0 Å². The third kappa shape index (κ3) is 1.85. The van der Waals surface area contributed by atoms with E-state index in [-0.39, 0.29) is 0 Å². The molecular weight excluding hydrogens is 254 g/mol. The molecule has 1 saturated heterocycles. The molecule has 1 heteroatoms. The van der Waals surface area contributed by atoms with E-state index in [1.54, 1.807) is 0 Å². The molecule has 4 fully saturated rings. The molecule has 4 rings (SSSR count). The molecule has 3 saturated carbocycles. The summed E-state index contributed by atoms with van der Waals surface area (Å²) in [4.78, 5) is 3.10. The van der Waals surface area contributed by atoms with Gasteiger partial charge in [-0.3, -0.25) is 4.90 Å². The highest BCUT2D eigenvalue weighted by atomic mass is 15.3. The van der Waals surface area contributed by atoms with Crippen LogP contribution in [0.15, 0.2) is 0 Å². The van der Waals surface area contributed by atoms with Crippen LogP contribution in [-0.2, 0) is 0 Å². The molecule has 3 aliphatic carbocycles. The van der Waals surface area contributed by atoms with E-state index in [1.807, 2.05) is 0 Å². The van der Waals surface area contributed by atoms with Crippen molar-refractivity contribution in [2.75, 3.05) is 6.54 Å². The van der Waals surface area contributed by atoms with Crippen molar-refractivity contribution in [1.82, 2.24) is 4.90 Å². The zero-order valence-corrected chi connectivity index (χ0v) is 14.8. The van der Waals surface area contributed by atoms with Crippen LogP contribution in [0.2, 0.25) is 0 Å². The second-order valence-electron chi connectivity index (χ2n) is 9.87. The van der Waals surface area contributed by atoms with Crippen LogP contribution in [0.5, 0.6) is 0 Å². The van der Waals surface area contributed by atoms with Crippen LogP contribution in [0.4, 0.5) is 0 Å². The standard InChI is InChI=1S/C20H35N/c1-18(2)14-17(19(18,3)4)21-13-6-5-12-20(21,16-10-11-16)15-8-7-9-15/h15-17H,5-14H2,1-4H3. The van der Waals surface area contributed by atoms with Gasteiger partial charge in [0.2, 0.25) is 0 Å². The summed E-state index contributed by atoms with van der Waals surface area (Å²) >= 11 is 0. The molecule has 1 heterocycles. The Balaban J connectivity index is 1.65. The molecule has 2 unspecified atom stereocenters. The normalized spacial score (nSPS) is 43.1. The average Bonchev–Trinajstić information content (AvgIpc) is 3.19. The minimum absolute atomic E-state index is 0.494. The van der Waals surface area contributed by atoms with Gasteiger partial charge in [-0.15, -0.1) is 0 Å². The first kappa shape index (κ1) is 14.5. The maximum atomic E-state index is 3.10. The first-order valence-corrected chi connectivity index (χ1v) is 9.66. The molecular formula is C20H35N. The Labute approximate surface area is 131 Å². The Morgan fingerprint density at radius 1 is 0.810 bits per heavy atom. The molecule has 21 heavy (non-hydrogen) atoms. The molecule has 120 valence electrons. The highest BCUT2D eigenvalue weighted by molar-refractivity contribution is 5.16. The van der Waals surface area contributed by atoms with E-state index >= 15 is 0 Å². The molecule has 0 radical (unpaired) electrons. The third-order valence-electron chi connectivity index (χ3n) is 8.51. The van der Waals surface area contributed by atoms with E-state index in [1.165, 1.54) is 64.3 Å². The van der Waals surface area contributed by atoms with Gasteiger partial charge in [-0.2, -0.15) is 0 Å². The summed E-state index contributed by atoms with van der Waals surface area (Å²) in [6.45, 7) is 11.5. The van der Waals surface area contributed by atoms with Gasteiger partial charge < -0.3 is 0 Å². The molecule has 2 atom stereocenters. The monoisotopic (exact) mass is 289 g/mol. The molecule has 0 spiro atoms. The van der Waals surface area contributed by atoms with Gasteiger partial charge in [0.25, 0.3) is 0 Å². The fourth-order valence-corrected chi connectivity index (χ4v) is 6.01. The smallest absolute Gasteiger partial charge is 0.0269 e. The van der Waals surface area contributed by atoms with Crippen molar-refractivity contribution in [3.05, 3.63) is 0 Å². The van der Waals surface area contributed by atoms with Crippen molar-refractivity contribution in [3.8, 4) is 0 Å². The molecule has 0 bridgehead atoms. The summed E-state index contributed by atoms with van der Waals surface area (Å²) in [5.41, 5.74) is 1.66. The van der Waals surface area contributed by atoms with Gasteiger partial charge in [-0.1, -0.05) is 40.5 Å². The summed E-state index contributed by atoms with van der Waals surface area (Å²) in [5.74, 6) is 2.10. The number of likely N-dealkylation sites (tertiary alicyclic amines) is 1. The van der Waals surface area contributed by atoms with E-state index in [9.17, 15) is 0 Å². The maximum Gasteiger partial charge on any atom is 0.0269 e. The van der Waals surface area contributed by atoms with Crippen LogP contribution >= 0.6 is 0 Å². The minimum Gasteiger partial charge on any atom is -0.294 e. The molecule has 0 N–H and O–H groups in total. The van der Waals surface area contributed by atoms with Gasteiger partial charge in [-0.25, -0.2) is 0 Å². The minimum atomic E-state index is 0.494. The largest absolute Gasteiger partial charge is 0.294 e. The predicted molar refractivity (Wildman–Crippen MR) is 89.3 cm³/mol. The van der Waals surface area contributed by atoms with Gasteiger partial charge in [0.05, 0.1) is 0 Å². The van der Waals surface area contributed by atoms with Gasteiger partial charge in [-0.05, 0) is 74.2 Å². The summed E-state index contributed by atoms with van der Waals surface area (Å²) < 4.78 is 0. The summed E-state index contributed by atoms with van der Waals surface area (Å²) in [6.07, 6.45) is 13.5. The predicted octanol–water partition coefficient (Wildman–Crippen LogP) is 5.25. The molecule has 0 aromatic heterocycles. The van der Waals surface area contributed by atoms with Gasteiger partial charge >= 0.3 is 0 Å². The van der Waals surface area contributed by atoms with Crippen molar-refractivity contribution in [2.24, 2.45) is 22.7 Å². The van der Waals surface area contributed by atoms with Gasteiger partial charge in [0.15, 0.2) is 0 Å². The lowest BCUT2D eigenvalue weighted by Crippen LogP contribution is -2.71. The average molecular weight is 290 g/mol. The topological polar surface area (TPSA) is 3.24 Å². The van der Waals surface area contributed by atoms with Crippen molar-refractivity contribution in [1.29, 1.82) is 0 Å². The van der Waals surface area contributed by atoms with E-state index in [0.717, 1.165) is 17.9 Å². The van der Waals surface area contributed by atoms with E-state index in [2.05, 4.69) is 32.6 Å². The second-order valence-corrected chi connectivity index (χ2v) is 9.87. The van der Waals surface area contributed by atoms with Crippen molar-refractivity contribution < 1.29 is 0 Å². The first-order chi connectivity index (χ1) is 9.89. The van der Waals surface area contributed by atoms with E-state index in [0.29, 0.717) is 16.4 Å². The fourth-order valence-electron chi connectivity index (χ4n) is 6.01. The van der Waals surface area contributed by atoms with E-state index in [4.69, 9.17) is 0 Å². The molecule has 0 aromatic carbocycles. The van der Waals surface area contributed by atoms with Crippen LogP contribution < -0.4 is 0 Å². The van der Waals surface area contributed by atoms with Gasteiger partial charge in [0, 0.05) is 11.6 Å². The van der Waals surface area contributed by atoms with Crippen molar-refractivity contribution in [2.45, 2.75) is 97.1 Å². The Kier molecular flexibility index (Phi) is 3.11. The molecule has 0 aromatic rings. The molecule has 1 aliphatic heterocycles. The Morgan fingerprint density at radius 2 is 1.48 bits per heavy atom. The zero-order chi connectivity index (χ0) is 14.9. The quantitative estimate of drug-likeness (QED) is 0.686. The Hall–Kier alpha value is -0.0400. The van der Waals surface area contributed by atoms with Crippen LogP contribution in [0.3, 0.4) is 0 Å². The highest BCUT2D eigenvalue weighted by Gasteiger charge is 2.63. The van der Waals surface area contributed by atoms with Crippen LogP contribution in [-0.4, -0.2) is 23.0 Å². The van der Waals surface area contributed by atoms with Crippen molar-refractivity contribution in [3.63, 3.8) is 0 Å². The van der Waals surface area contributed by atoms with Gasteiger partial charge in [0.1, 0.15) is 0 Å². The molecule has 0 amide bonds. The lowest BCUT2D eigenvalue weighted by Gasteiger charge is -2.68. The lowest BCUT2D eigenvalue weighted by atomic mass is 9.48. The van der Waals surface area contributed by atoms with Crippen molar-refractivity contribution >= 4 is 0 Å². The molecule has 1 nitrogen and oxygen atoms in total.